The summed E-state index contributed by atoms with van der Waals surface area (Å²) < 4.78 is 0. The minimum absolute atomic E-state index is 0.248. The second-order valence-corrected chi connectivity index (χ2v) is 2.44. The Balaban J connectivity index is 2.94. The van der Waals surface area contributed by atoms with Crippen LogP contribution < -0.4 is 5.73 Å². The van der Waals surface area contributed by atoms with E-state index in [0.29, 0.717) is 0 Å². The third-order valence-corrected chi connectivity index (χ3v) is 1.53. The summed E-state index contributed by atoms with van der Waals surface area (Å²) in [6, 6.07) is 0. The molecule has 7 nitrogen and oxygen atoms in total. The van der Waals surface area contributed by atoms with Crippen LogP contribution in [0.3, 0.4) is 0 Å². The molecule has 0 aromatic carbocycles. The molecule has 0 aliphatic carbocycles. The average Bonchev–Trinajstić information content (AvgIpc) is 2.32. The van der Waals surface area contributed by atoms with Gasteiger partial charge in [-0.3, -0.25) is 20.4 Å². The number of hydrogen-bond donors (Lipinski definition) is 2. The van der Waals surface area contributed by atoms with E-state index >= 15 is 0 Å². The van der Waals surface area contributed by atoms with Crippen molar-refractivity contribution in [3.63, 3.8) is 0 Å². The van der Waals surface area contributed by atoms with Gasteiger partial charge >= 0.3 is 0 Å². The van der Waals surface area contributed by atoms with Crippen LogP contribution in [0.1, 0.15) is 0 Å². The molecule has 70 valence electrons. The van der Waals surface area contributed by atoms with Crippen LogP contribution in [-0.4, -0.2) is 27.7 Å². The topological polar surface area (TPSA) is 99.5 Å². The lowest BCUT2D eigenvalue weighted by atomic mass is 10.6. The molecule has 0 radical (unpaired) electrons. The van der Waals surface area contributed by atoms with Crippen LogP contribution in [0.15, 0.2) is 24.4 Å². The largest absolute Gasteiger partial charge is 0.369 e. The van der Waals surface area contributed by atoms with Crippen LogP contribution in [0.2, 0.25) is 0 Å². The maximum Gasteiger partial charge on any atom is 0.275 e. The van der Waals surface area contributed by atoms with Gasteiger partial charge in [0, 0.05) is 19.4 Å². The Morgan fingerprint density at radius 3 is 2.85 bits per heavy atom. The van der Waals surface area contributed by atoms with Crippen LogP contribution in [0, 0.1) is 15.5 Å². The van der Waals surface area contributed by atoms with Crippen LogP contribution in [-0.2, 0) is 0 Å². The van der Waals surface area contributed by atoms with Crippen molar-refractivity contribution in [2.75, 3.05) is 7.05 Å². The molecule has 0 amide bonds. The molecule has 0 fully saturated rings. The Hall–Kier alpha value is -2.05. The highest BCUT2D eigenvalue weighted by Gasteiger charge is 2.21. The van der Waals surface area contributed by atoms with Gasteiger partial charge in [-0.05, 0) is 0 Å². The zero-order valence-corrected chi connectivity index (χ0v) is 6.97. The second-order valence-electron chi connectivity index (χ2n) is 2.44. The van der Waals surface area contributed by atoms with Crippen molar-refractivity contribution in [3.05, 3.63) is 34.5 Å². The smallest absolute Gasteiger partial charge is 0.275 e. The van der Waals surface area contributed by atoms with E-state index in [0.717, 1.165) is 6.20 Å². The normalized spacial score (nSPS) is 18.4. The summed E-state index contributed by atoms with van der Waals surface area (Å²) >= 11 is 0. The van der Waals surface area contributed by atoms with Crippen molar-refractivity contribution < 1.29 is 4.92 Å². The standard InChI is InChI=1S/C6H9N5O2/c1-9-2-3-10(6(7)8)5(9)4-11(12)13/h2-4H,1H3,(H3,7,8). The summed E-state index contributed by atoms with van der Waals surface area (Å²) in [5.74, 6) is -0.00815. The van der Waals surface area contributed by atoms with Crippen LogP contribution in [0.5, 0.6) is 0 Å². The monoisotopic (exact) mass is 183 g/mol. The fraction of sp³-hybridized carbons (Fsp3) is 0.167. The lowest BCUT2D eigenvalue weighted by molar-refractivity contribution is -0.404. The average molecular weight is 183 g/mol. The minimum atomic E-state index is -0.589. The first-order valence-electron chi connectivity index (χ1n) is 3.42. The molecule has 1 rings (SSSR count). The summed E-state index contributed by atoms with van der Waals surface area (Å²) in [5, 5.41) is 17.3. The maximum atomic E-state index is 10.2. The number of nitrogens with one attached hydrogen (secondary N) is 1. The molecular formula is C6H9N5O2. The molecule has 1 heterocycles. The molecule has 7 heteroatoms. The minimum Gasteiger partial charge on any atom is -0.369 e. The van der Waals surface area contributed by atoms with Gasteiger partial charge in [-0.1, -0.05) is 0 Å². The molecule has 1 aliphatic rings. The highest BCUT2D eigenvalue weighted by atomic mass is 16.6. The highest BCUT2D eigenvalue weighted by molar-refractivity contribution is 5.78. The van der Waals surface area contributed by atoms with Crippen molar-refractivity contribution in [2.45, 2.75) is 0 Å². The lowest BCUT2D eigenvalue weighted by Crippen LogP contribution is -2.32. The number of guanidine groups is 1. The lowest BCUT2D eigenvalue weighted by Gasteiger charge is -2.17. The molecule has 0 saturated carbocycles. The van der Waals surface area contributed by atoms with Gasteiger partial charge in [0.05, 0.1) is 4.92 Å². The van der Waals surface area contributed by atoms with Gasteiger partial charge in [0.25, 0.3) is 6.20 Å². The number of nitrogens with two attached hydrogens (primary N) is 1. The fourth-order valence-corrected chi connectivity index (χ4v) is 0.941. The van der Waals surface area contributed by atoms with Gasteiger partial charge in [0.2, 0.25) is 0 Å². The molecule has 0 bridgehead atoms. The zero-order valence-electron chi connectivity index (χ0n) is 6.97. The van der Waals surface area contributed by atoms with Gasteiger partial charge < -0.3 is 10.6 Å². The summed E-state index contributed by atoms with van der Waals surface area (Å²) in [7, 11) is 1.63. The first-order chi connectivity index (χ1) is 6.02. The van der Waals surface area contributed by atoms with Crippen molar-refractivity contribution in [3.8, 4) is 0 Å². The Kier molecular flexibility index (Phi) is 2.18. The highest BCUT2D eigenvalue weighted by Crippen LogP contribution is 2.16. The molecule has 1 aliphatic heterocycles. The summed E-state index contributed by atoms with van der Waals surface area (Å²) in [6.07, 6.45) is 3.86. The first kappa shape index (κ1) is 9.04. The van der Waals surface area contributed by atoms with E-state index in [1.165, 1.54) is 16.0 Å². The Bertz CT molecular complexity index is 308. The van der Waals surface area contributed by atoms with Crippen molar-refractivity contribution in [2.24, 2.45) is 5.73 Å². The maximum absolute atomic E-state index is 10.2. The van der Waals surface area contributed by atoms with Crippen molar-refractivity contribution in [1.82, 2.24) is 9.80 Å². The van der Waals surface area contributed by atoms with Crippen LogP contribution in [0.25, 0.3) is 0 Å². The van der Waals surface area contributed by atoms with E-state index in [2.05, 4.69) is 0 Å². The third-order valence-electron chi connectivity index (χ3n) is 1.53. The van der Waals surface area contributed by atoms with E-state index < -0.39 is 4.92 Å². The Labute approximate surface area is 74.4 Å². The van der Waals surface area contributed by atoms with Gasteiger partial charge in [-0.25, -0.2) is 0 Å². The van der Waals surface area contributed by atoms with E-state index in [4.69, 9.17) is 11.1 Å². The predicted octanol–water partition coefficient (Wildman–Crippen LogP) is -0.326. The molecular weight excluding hydrogens is 174 g/mol. The molecule has 0 saturated heterocycles. The first-order valence-corrected chi connectivity index (χ1v) is 3.42. The Morgan fingerprint density at radius 1 is 1.77 bits per heavy atom. The third kappa shape index (κ3) is 1.75. The number of hydrogen-bond acceptors (Lipinski definition) is 4. The molecule has 0 unspecified atom stereocenters. The van der Waals surface area contributed by atoms with Gasteiger partial charge in [0.1, 0.15) is 0 Å². The van der Waals surface area contributed by atoms with Gasteiger partial charge in [-0.2, -0.15) is 0 Å². The molecule has 0 aromatic rings. The van der Waals surface area contributed by atoms with E-state index in [1.54, 1.807) is 13.2 Å². The van der Waals surface area contributed by atoms with E-state index in [1.807, 2.05) is 0 Å². The molecule has 0 aromatic heterocycles. The molecule has 13 heavy (non-hydrogen) atoms. The van der Waals surface area contributed by atoms with Gasteiger partial charge in [-0.15, -0.1) is 0 Å². The second kappa shape index (κ2) is 3.13. The molecule has 3 N–H and O–H groups in total. The van der Waals surface area contributed by atoms with Crippen molar-refractivity contribution >= 4 is 5.96 Å². The summed E-state index contributed by atoms with van der Waals surface area (Å²) in [4.78, 5) is 12.3. The SMILES string of the molecule is CN1C=CN(C(=N)N)C1=C[N+](=O)[O-]. The van der Waals surface area contributed by atoms with Gasteiger partial charge in [0.15, 0.2) is 11.8 Å². The predicted molar refractivity (Wildman–Crippen MR) is 45.7 cm³/mol. The van der Waals surface area contributed by atoms with Crippen molar-refractivity contribution in [1.29, 1.82) is 5.41 Å². The molecule has 0 spiro atoms. The summed E-state index contributed by atoms with van der Waals surface area (Å²) in [6.45, 7) is 0. The number of rotatable bonds is 1. The quantitative estimate of drug-likeness (QED) is 0.251. The van der Waals surface area contributed by atoms with Crippen LogP contribution >= 0.6 is 0 Å². The fourth-order valence-electron chi connectivity index (χ4n) is 0.941. The zero-order chi connectivity index (χ0) is 10.0. The number of nitro groups is 1. The van der Waals surface area contributed by atoms with E-state index in [-0.39, 0.29) is 11.8 Å². The summed E-state index contributed by atoms with van der Waals surface area (Å²) in [5.41, 5.74) is 5.19. The number of nitrogens with zero attached hydrogens (tertiary/aromatic N) is 3. The Morgan fingerprint density at radius 2 is 2.38 bits per heavy atom. The van der Waals surface area contributed by atoms with Crippen LogP contribution in [0.4, 0.5) is 0 Å². The molecule has 0 atom stereocenters. The van der Waals surface area contributed by atoms with E-state index in [9.17, 15) is 10.1 Å².